The van der Waals surface area contributed by atoms with Crippen molar-refractivity contribution in [2.75, 3.05) is 19.8 Å². The zero-order chi connectivity index (χ0) is 16.5. The molecular weight excluding hydrogens is 310 g/mol. The molecule has 1 aliphatic carbocycles. The molecule has 0 aromatic heterocycles. The molecule has 0 fully saturated rings. The molecule has 1 aliphatic rings. The van der Waals surface area contributed by atoms with Gasteiger partial charge in [0.15, 0.2) is 11.5 Å². The van der Waals surface area contributed by atoms with Crippen molar-refractivity contribution in [3.05, 3.63) is 34.4 Å². The Kier molecular flexibility index (Phi) is 7.77. The molecule has 0 radical (unpaired) electrons. The number of halogens is 1. The monoisotopic (exact) mass is 337 g/mol. The molecule has 1 N–H and O–H groups in total. The highest BCUT2D eigenvalue weighted by Gasteiger charge is 2.11. The van der Waals surface area contributed by atoms with Gasteiger partial charge in [-0.05, 0) is 64.1 Å². The number of nitrogens with one attached hydrogen (secondary N) is 1. The van der Waals surface area contributed by atoms with E-state index in [0.29, 0.717) is 13.2 Å². The van der Waals surface area contributed by atoms with Gasteiger partial charge in [-0.3, -0.25) is 0 Å². The van der Waals surface area contributed by atoms with Crippen molar-refractivity contribution in [2.45, 2.75) is 52.5 Å². The largest absolute Gasteiger partial charge is 0.490 e. The van der Waals surface area contributed by atoms with Crippen LogP contribution in [0.4, 0.5) is 0 Å². The molecule has 0 spiro atoms. The summed E-state index contributed by atoms with van der Waals surface area (Å²) in [6.45, 7) is 6.88. The summed E-state index contributed by atoms with van der Waals surface area (Å²) in [5.41, 5.74) is 2.65. The number of hydrogen-bond donors (Lipinski definition) is 1. The molecular formula is C19H28ClNO2. The topological polar surface area (TPSA) is 30.5 Å². The van der Waals surface area contributed by atoms with E-state index < -0.39 is 0 Å². The summed E-state index contributed by atoms with van der Waals surface area (Å²) in [5.74, 6) is 1.49. The van der Waals surface area contributed by atoms with E-state index in [2.05, 4.69) is 11.4 Å². The Labute approximate surface area is 145 Å². The fourth-order valence-electron chi connectivity index (χ4n) is 2.85. The standard InChI is InChI=1S/C19H28ClNO2/c1-3-22-18-12-16(17(20)13-19(18)23-4-2)14-21-11-10-15-8-6-5-7-9-15/h8,12-13,21H,3-7,9-11,14H2,1-2H3. The Morgan fingerprint density at radius 1 is 1.09 bits per heavy atom. The van der Waals surface area contributed by atoms with E-state index in [9.17, 15) is 0 Å². The zero-order valence-electron chi connectivity index (χ0n) is 14.3. The van der Waals surface area contributed by atoms with Crippen molar-refractivity contribution >= 4 is 11.6 Å². The number of ether oxygens (including phenoxy) is 2. The fraction of sp³-hybridized carbons (Fsp3) is 0.579. The van der Waals surface area contributed by atoms with Crippen LogP contribution in [0.5, 0.6) is 11.5 Å². The number of hydrogen-bond acceptors (Lipinski definition) is 3. The van der Waals surface area contributed by atoms with Gasteiger partial charge in [-0.2, -0.15) is 0 Å². The normalized spacial score (nSPS) is 14.5. The SMILES string of the molecule is CCOc1cc(Cl)c(CNCCC2=CCCCC2)cc1OCC. The molecule has 128 valence electrons. The Morgan fingerprint density at radius 3 is 2.48 bits per heavy atom. The number of benzene rings is 1. The van der Waals surface area contributed by atoms with E-state index in [1.165, 1.54) is 25.7 Å². The lowest BCUT2D eigenvalue weighted by Gasteiger charge is -2.15. The van der Waals surface area contributed by atoms with Gasteiger partial charge in [-0.25, -0.2) is 0 Å². The highest BCUT2D eigenvalue weighted by molar-refractivity contribution is 6.31. The quantitative estimate of drug-likeness (QED) is 0.501. The van der Waals surface area contributed by atoms with Gasteiger partial charge in [-0.15, -0.1) is 0 Å². The second-order valence-corrected chi connectivity index (χ2v) is 6.20. The highest BCUT2D eigenvalue weighted by Crippen LogP contribution is 2.33. The third-order valence-corrected chi connectivity index (χ3v) is 4.39. The summed E-state index contributed by atoms with van der Waals surface area (Å²) in [6, 6.07) is 3.85. The van der Waals surface area contributed by atoms with Gasteiger partial charge < -0.3 is 14.8 Å². The van der Waals surface area contributed by atoms with Gasteiger partial charge >= 0.3 is 0 Å². The van der Waals surface area contributed by atoms with Crippen LogP contribution in [0, 0.1) is 0 Å². The van der Waals surface area contributed by atoms with E-state index in [4.69, 9.17) is 21.1 Å². The Balaban J connectivity index is 1.90. The molecule has 1 aromatic carbocycles. The van der Waals surface area contributed by atoms with Crippen LogP contribution in [-0.2, 0) is 6.54 Å². The second kappa shape index (κ2) is 9.84. The first-order chi connectivity index (χ1) is 11.2. The molecule has 1 aromatic rings. The third kappa shape index (κ3) is 5.74. The molecule has 23 heavy (non-hydrogen) atoms. The minimum Gasteiger partial charge on any atom is -0.490 e. The molecule has 2 rings (SSSR count). The van der Waals surface area contributed by atoms with Gasteiger partial charge in [0.2, 0.25) is 0 Å². The average Bonchev–Trinajstić information content (AvgIpc) is 2.56. The van der Waals surface area contributed by atoms with Crippen LogP contribution in [0.25, 0.3) is 0 Å². The average molecular weight is 338 g/mol. The molecule has 0 unspecified atom stereocenters. The minimum absolute atomic E-state index is 0.600. The van der Waals surface area contributed by atoms with E-state index in [0.717, 1.165) is 41.6 Å². The van der Waals surface area contributed by atoms with Crippen molar-refractivity contribution in [2.24, 2.45) is 0 Å². The van der Waals surface area contributed by atoms with Gasteiger partial charge in [0.25, 0.3) is 0 Å². The van der Waals surface area contributed by atoms with E-state index in [-0.39, 0.29) is 0 Å². The molecule has 0 aliphatic heterocycles. The van der Waals surface area contributed by atoms with Gasteiger partial charge in [0.05, 0.1) is 13.2 Å². The maximum Gasteiger partial charge on any atom is 0.162 e. The number of rotatable bonds is 9. The summed E-state index contributed by atoms with van der Waals surface area (Å²) in [6.07, 6.45) is 8.74. The molecule has 0 bridgehead atoms. The predicted octanol–water partition coefficient (Wildman–Crippen LogP) is 5.12. The lowest BCUT2D eigenvalue weighted by molar-refractivity contribution is 0.287. The van der Waals surface area contributed by atoms with E-state index in [1.54, 1.807) is 5.57 Å². The van der Waals surface area contributed by atoms with Gasteiger partial charge in [0, 0.05) is 17.6 Å². The van der Waals surface area contributed by atoms with E-state index >= 15 is 0 Å². The zero-order valence-corrected chi connectivity index (χ0v) is 15.0. The first-order valence-corrected chi connectivity index (χ1v) is 9.09. The smallest absolute Gasteiger partial charge is 0.162 e. The Bertz CT molecular complexity index is 528. The van der Waals surface area contributed by atoms with Crippen molar-refractivity contribution in [1.82, 2.24) is 5.32 Å². The van der Waals surface area contributed by atoms with Crippen LogP contribution in [0.3, 0.4) is 0 Å². The van der Waals surface area contributed by atoms with Crippen LogP contribution in [0.15, 0.2) is 23.8 Å². The Morgan fingerprint density at radius 2 is 1.83 bits per heavy atom. The van der Waals surface area contributed by atoms with Crippen molar-refractivity contribution in [3.63, 3.8) is 0 Å². The molecule has 0 saturated carbocycles. The molecule has 0 atom stereocenters. The molecule has 0 heterocycles. The summed E-state index contributed by atoms with van der Waals surface area (Å²) in [5, 5.41) is 4.21. The summed E-state index contributed by atoms with van der Waals surface area (Å²) in [4.78, 5) is 0. The molecule has 0 amide bonds. The van der Waals surface area contributed by atoms with Crippen LogP contribution < -0.4 is 14.8 Å². The second-order valence-electron chi connectivity index (χ2n) is 5.79. The molecule has 3 nitrogen and oxygen atoms in total. The maximum absolute atomic E-state index is 6.38. The van der Waals surface area contributed by atoms with Crippen molar-refractivity contribution < 1.29 is 9.47 Å². The summed E-state index contributed by atoms with van der Waals surface area (Å²) >= 11 is 6.38. The first kappa shape index (κ1) is 18.2. The lowest BCUT2D eigenvalue weighted by Crippen LogP contribution is -2.16. The van der Waals surface area contributed by atoms with E-state index in [1.807, 2.05) is 26.0 Å². The maximum atomic E-state index is 6.38. The predicted molar refractivity (Wildman–Crippen MR) is 96.7 cm³/mol. The summed E-state index contributed by atoms with van der Waals surface area (Å²) in [7, 11) is 0. The lowest BCUT2D eigenvalue weighted by atomic mass is 9.97. The summed E-state index contributed by atoms with van der Waals surface area (Å²) < 4.78 is 11.3. The third-order valence-electron chi connectivity index (χ3n) is 4.04. The first-order valence-electron chi connectivity index (χ1n) is 8.71. The van der Waals surface area contributed by atoms with Crippen LogP contribution in [-0.4, -0.2) is 19.8 Å². The fourth-order valence-corrected chi connectivity index (χ4v) is 3.07. The number of allylic oxidation sites excluding steroid dienone is 1. The van der Waals surface area contributed by atoms with Crippen LogP contribution in [0.2, 0.25) is 5.02 Å². The van der Waals surface area contributed by atoms with Crippen LogP contribution in [0.1, 0.15) is 51.5 Å². The Hall–Kier alpha value is -1.19. The molecule has 4 heteroatoms. The minimum atomic E-state index is 0.600. The van der Waals surface area contributed by atoms with Crippen LogP contribution >= 0.6 is 11.6 Å². The van der Waals surface area contributed by atoms with Gasteiger partial charge in [-0.1, -0.05) is 23.3 Å². The highest BCUT2D eigenvalue weighted by atomic mass is 35.5. The van der Waals surface area contributed by atoms with Gasteiger partial charge in [0.1, 0.15) is 0 Å². The van der Waals surface area contributed by atoms with Crippen molar-refractivity contribution in [1.29, 1.82) is 0 Å². The molecule has 0 saturated heterocycles. The van der Waals surface area contributed by atoms with Crippen molar-refractivity contribution in [3.8, 4) is 11.5 Å².